The molecule has 0 atom stereocenters. The summed E-state index contributed by atoms with van der Waals surface area (Å²) in [5.74, 6) is -1.74. The van der Waals surface area contributed by atoms with Gasteiger partial charge in [-0.15, -0.1) is 0 Å². The van der Waals surface area contributed by atoms with Gasteiger partial charge in [0.1, 0.15) is 0 Å². The number of hydrazone groups is 1. The van der Waals surface area contributed by atoms with E-state index in [0.717, 1.165) is 24.3 Å². The van der Waals surface area contributed by atoms with E-state index in [9.17, 15) is 14.7 Å². The zero-order chi connectivity index (χ0) is 21.1. The number of benzene rings is 2. The highest BCUT2D eigenvalue weighted by Gasteiger charge is 2.29. The van der Waals surface area contributed by atoms with Crippen LogP contribution in [0.5, 0.6) is 0 Å². The van der Waals surface area contributed by atoms with Gasteiger partial charge in [0.15, 0.2) is 0 Å². The lowest BCUT2D eigenvalue weighted by atomic mass is 10.1. The first-order valence-corrected chi connectivity index (χ1v) is 9.71. The van der Waals surface area contributed by atoms with Crippen LogP contribution in [-0.2, 0) is 4.79 Å². The van der Waals surface area contributed by atoms with Crippen molar-refractivity contribution in [3.63, 3.8) is 0 Å². The Balaban J connectivity index is 1.88. The second-order valence-corrected chi connectivity index (χ2v) is 6.98. The van der Waals surface area contributed by atoms with E-state index in [2.05, 4.69) is 23.8 Å². The zero-order valence-electron chi connectivity index (χ0n) is 16.5. The predicted molar refractivity (Wildman–Crippen MR) is 114 cm³/mol. The van der Waals surface area contributed by atoms with Crippen LogP contribution in [0.2, 0.25) is 5.02 Å². The Bertz CT molecular complexity index is 1010. The first kappa shape index (κ1) is 20.6. The van der Waals surface area contributed by atoms with Crippen LogP contribution in [0.3, 0.4) is 0 Å². The maximum Gasteiger partial charge on any atom is 0.280 e. The highest BCUT2D eigenvalue weighted by atomic mass is 35.5. The summed E-state index contributed by atoms with van der Waals surface area (Å²) >= 11 is 5.88. The number of amides is 1. The molecule has 0 spiro atoms. The molecule has 0 saturated carbocycles. The SMILES string of the molecule is CCN(CC)c1ccc(/C=C2\C(=O)N(c3ccc(Cl)c(C(=O)[O-])c3)N=C2C)cc1. The van der Waals surface area contributed by atoms with E-state index in [1.807, 2.05) is 24.3 Å². The van der Waals surface area contributed by atoms with Crippen molar-refractivity contribution in [3.8, 4) is 0 Å². The predicted octanol–water partition coefficient (Wildman–Crippen LogP) is 3.36. The first-order valence-electron chi connectivity index (χ1n) is 9.33. The number of hydrogen-bond acceptors (Lipinski definition) is 5. The molecule has 1 amide bonds. The van der Waals surface area contributed by atoms with E-state index in [-0.39, 0.29) is 16.5 Å². The Morgan fingerprint density at radius 1 is 1.17 bits per heavy atom. The molecule has 2 aromatic rings. The lowest BCUT2D eigenvalue weighted by Crippen LogP contribution is -2.25. The molecule has 0 fully saturated rings. The van der Waals surface area contributed by atoms with Crippen LogP contribution in [0.25, 0.3) is 6.08 Å². The van der Waals surface area contributed by atoms with Crippen LogP contribution in [0.1, 0.15) is 36.7 Å². The Morgan fingerprint density at radius 2 is 1.83 bits per heavy atom. The number of carbonyl (C=O) groups excluding carboxylic acids is 2. The molecule has 0 aromatic heterocycles. The Morgan fingerprint density at radius 3 is 2.41 bits per heavy atom. The third kappa shape index (κ3) is 4.17. The lowest BCUT2D eigenvalue weighted by Gasteiger charge is -2.20. The number of hydrogen-bond donors (Lipinski definition) is 0. The highest BCUT2D eigenvalue weighted by Crippen LogP contribution is 2.28. The van der Waals surface area contributed by atoms with Crippen molar-refractivity contribution in [3.05, 3.63) is 64.2 Å². The zero-order valence-corrected chi connectivity index (χ0v) is 17.2. The summed E-state index contributed by atoms with van der Waals surface area (Å²) in [6, 6.07) is 12.2. The summed E-state index contributed by atoms with van der Waals surface area (Å²) in [4.78, 5) is 26.3. The monoisotopic (exact) mass is 410 g/mol. The number of rotatable bonds is 6. The van der Waals surface area contributed by atoms with E-state index in [0.29, 0.717) is 17.0 Å². The fourth-order valence-electron chi connectivity index (χ4n) is 3.20. The summed E-state index contributed by atoms with van der Waals surface area (Å²) in [6.07, 6.45) is 1.78. The van der Waals surface area contributed by atoms with Crippen LogP contribution in [0, 0.1) is 0 Å². The smallest absolute Gasteiger partial charge is 0.280 e. The van der Waals surface area contributed by atoms with Crippen molar-refractivity contribution in [2.75, 3.05) is 23.0 Å². The molecule has 150 valence electrons. The third-order valence-electron chi connectivity index (χ3n) is 4.81. The minimum absolute atomic E-state index is 0.0464. The lowest BCUT2D eigenvalue weighted by molar-refractivity contribution is -0.255. The highest BCUT2D eigenvalue weighted by molar-refractivity contribution is 6.34. The van der Waals surface area contributed by atoms with E-state index >= 15 is 0 Å². The molecule has 6 nitrogen and oxygen atoms in total. The molecule has 0 N–H and O–H groups in total. The Labute approximate surface area is 174 Å². The van der Waals surface area contributed by atoms with Crippen molar-refractivity contribution in [1.82, 2.24) is 0 Å². The van der Waals surface area contributed by atoms with Gasteiger partial charge in [-0.1, -0.05) is 23.7 Å². The van der Waals surface area contributed by atoms with Gasteiger partial charge >= 0.3 is 0 Å². The molecule has 1 aliphatic rings. The van der Waals surface area contributed by atoms with Crippen LogP contribution in [-0.4, -0.2) is 30.7 Å². The minimum atomic E-state index is -1.41. The van der Waals surface area contributed by atoms with E-state index in [1.165, 1.54) is 17.1 Å². The average Bonchev–Trinajstić information content (AvgIpc) is 2.98. The van der Waals surface area contributed by atoms with Crippen molar-refractivity contribution < 1.29 is 14.7 Å². The molecule has 3 rings (SSSR count). The number of halogens is 1. The number of carbonyl (C=O) groups is 2. The number of aromatic carboxylic acids is 1. The van der Waals surface area contributed by atoms with Gasteiger partial charge in [0, 0.05) is 29.4 Å². The summed E-state index contributed by atoms with van der Waals surface area (Å²) in [7, 11) is 0. The molecular formula is C22H21ClN3O3-. The number of carboxylic acid groups (broad SMARTS) is 1. The molecule has 0 radical (unpaired) electrons. The first-order chi connectivity index (χ1) is 13.8. The quantitative estimate of drug-likeness (QED) is 0.684. The molecule has 29 heavy (non-hydrogen) atoms. The molecule has 0 saturated heterocycles. The second-order valence-electron chi connectivity index (χ2n) is 6.58. The Hall–Kier alpha value is -3.12. The van der Waals surface area contributed by atoms with Crippen LogP contribution >= 0.6 is 11.6 Å². The van der Waals surface area contributed by atoms with E-state index in [1.54, 1.807) is 19.1 Å². The molecule has 0 aliphatic carbocycles. The number of anilines is 2. The fraction of sp³-hybridized carbons (Fsp3) is 0.227. The summed E-state index contributed by atoms with van der Waals surface area (Å²) in [5, 5.41) is 16.7. The van der Waals surface area contributed by atoms with Gasteiger partial charge in [0.25, 0.3) is 5.91 Å². The normalized spacial score (nSPS) is 15.0. The largest absolute Gasteiger partial charge is 0.545 e. The maximum absolute atomic E-state index is 12.9. The third-order valence-corrected chi connectivity index (χ3v) is 5.14. The van der Waals surface area contributed by atoms with Crippen molar-refractivity contribution >= 4 is 46.6 Å². The molecule has 2 aromatic carbocycles. The van der Waals surface area contributed by atoms with Gasteiger partial charge in [-0.3, -0.25) is 4.79 Å². The van der Waals surface area contributed by atoms with Gasteiger partial charge in [0.2, 0.25) is 0 Å². The fourth-order valence-corrected chi connectivity index (χ4v) is 3.39. The standard InChI is InChI=1S/C22H22ClN3O3/c1-4-25(5-2)16-8-6-15(7-9-16)12-18-14(3)24-26(21(18)27)17-10-11-20(23)19(13-17)22(28)29/h6-13H,4-5H2,1-3H3,(H,28,29)/p-1/b18-12-. The summed E-state index contributed by atoms with van der Waals surface area (Å²) in [6.45, 7) is 7.79. The van der Waals surface area contributed by atoms with E-state index < -0.39 is 5.97 Å². The van der Waals surface area contributed by atoms with Crippen molar-refractivity contribution in [2.24, 2.45) is 5.10 Å². The number of nitrogens with zero attached hydrogens (tertiary/aromatic N) is 3. The van der Waals surface area contributed by atoms with Crippen LogP contribution < -0.4 is 15.0 Å². The van der Waals surface area contributed by atoms with Gasteiger partial charge in [-0.05, 0) is 62.7 Å². The molecule has 7 heteroatoms. The summed E-state index contributed by atoms with van der Waals surface area (Å²) in [5.41, 5.74) is 3.14. The van der Waals surface area contributed by atoms with Gasteiger partial charge in [-0.2, -0.15) is 10.1 Å². The van der Waals surface area contributed by atoms with Gasteiger partial charge in [-0.25, -0.2) is 0 Å². The van der Waals surface area contributed by atoms with Crippen molar-refractivity contribution in [1.29, 1.82) is 0 Å². The van der Waals surface area contributed by atoms with Gasteiger partial charge in [0.05, 0.1) is 22.9 Å². The van der Waals surface area contributed by atoms with Crippen LogP contribution in [0.15, 0.2) is 53.1 Å². The second kappa shape index (κ2) is 8.49. The summed E-state index contributed by atoms with van der Waals surface area (Å²) < 4.78 is 0. The van der Waals surface area contributed by atoms with Crippen molar-refractivity contribution in [2.45, 2.75) is 20.8 Å². The topological polar surface area (TPSA) is 76.0 Å². The van der Waals surface area contributed by atoms with Crippen LogP contribution in [0.4, 0.5) is 11.4 Å². The molecule has 0 bridgehead atoms. The van der Waals surface area contributed by atoms with E-state index in [4.69, 9.17) is 11.6 Å². The van der Waals surface area contributed by atoms with Gasteiger partial charge < -0.3 is 14.8 Å². The molecule has 1 aliphatic heterocycles. The maximum atomic E-state index is 12.9. The number of carboxylic acids is 1. The molecule has 0 unspecified atom stereocenters. The molecule has 1 heterocycles. The molecular weight excluding hydrogens is 390 g/mol. The Kier molecular flexibility index (Phi) is 6.03. The minimum Gasteiger partial charge on any atom is -0.545 e. The average molecular weight is 411 g/mol.